The second-order valence-electron chi connectivity index (χ2n) is 5.93. The van der Waals surface area contributed by atoms with Gasteiger partial charge in [0.1, 0.15) is 0 Å². The number of hydrogen-bond donors (Lipinski definition) is 1. The van der Waals surface area contributed by atoms with Gasteiger partial charge in [-0.2, -0.15) is 0 Å². The first kappa shape index (κ1) is 15.5. The van der Waals surface area contributed by atoms with Crippen molar-refractivity contribution in [3.05, 3.63) is 29.3 Å². The second kappa shape index (κ2) is 6.74. The van der Waals surface area contributed by atoms with E-state index in [0.717, 1.165) is 42.5 Å². The number of anilines is 1. The molecule has 21 heavy (non-hydrogen) atoms. The summed E-state index contributed by atoms with van der Waals surface area (Å²) in [5.41, 5.74) is 2.68. The first-order valence-electron chi connectivity index (χ1n) is 7.65. The Bertz CT molecular complexity index is 513. The molecule has 1 N–H and O–H groups in total. The van der Waals surface area contributed by atoms with Crippen LogP contribution in [-0.4, -0.2) is 29.8 Å². The Morgan fingerprint density at radius 3 is 2.24 bits per heavy atom. The molecule has 0 unspecified atom stereocenters. The maximum Gasteiger partial charge on any atom is 0.313 e. The monoisotopic (exact) mass is 288 g/mol. The van der Waals surface area contributed by atoms with Crippen molar-refractivity contribution in [1.82, 2.24) is 4.90 Å². The molecule has 2 amide bonds. The number of benzene rings is 1. The zero-order valence-corrected chi connectivity index (χ0v) is 13.1. The van der Waals surface area contributed by atoms with Crippen molar-refractivity contribution in [2.45, 2.75) is 52.0 Å². The van der Waals surface area contributed by atoms with E-state index in [4.69, 9.17) is 0 Å². The standard InChI is InChI=1S/C17H24N2O2/c1-12-8-7-9-13(2)15(12)18-16(20)17(21)19(3)14-10-5-4-6-11-14/h7-9,14H,4-6,10-11H2,1-3H3,(H,18,20). The number of likely N-dealkylation sites (N-methyl/N-ethyl adjacent to an activating group) is 1. The van der Waals surface area contributed by atoms with Crippen LogP contribution in [-0.2, 0) is 9.59 Å². The number of amides is 2. The first-order chi connectivity index (χ1) is 10.0. The van der Waals surface area contributed by atoms with Crippen molar-refractivity contribution in [3.8, 4) is 0 Å². The van der Waals surface area contributed by atoms with Crippen LogP contribution in [0.5, 0.6) is 0 Å². The fourth-order valence-corrected chi connectivity index (χ4v) is 2.97. The summed E-state index contributed by atoms with van der Waals surface area (Å²) >= 11 is 0. The molecule has 4 heteroatoms. The van der Waals surface area contributed by atoms with Crippen LogP contribution in [0.4, 0.5) is 5.69 Å². The molecule has 114 valence electrons. The van der Waals surface area contributed by atoms with Crippen LogP contribution in [0.3, 0.4) is 0 Å². The van der Waals surface area contributed by atoms with Crippen molar-refractivity contribution in [1.29, 1.82) is 0 Å². The topological polar surface area (TPSA) is 49.4 Å². The van der Waals surface area contributed by atoms with Crippen molar-refractivity contribution >= 4 is 17.5 Å². The summed E-state index contributed by atoms with van der Waals surface area (Å²) in [6.07, 6.45) is 5.51. The van der Waals surface area contributed by atoms with E-state index in [1.807, 2.05) is 32.0 Å². The van der Waals surface area contributed by atoms with E-state index in [-0.39, 0.29) is 6.04 Å². The van der Waals surface area contributed by atoms with Gasteiger partial charge in [0.05, 0.1) is 0 Å². The van der Waals surface area contributed by atoms with E-state index < -0.39 is 11.8 Å². The number of rotatable bonds is 2. The van der Waals surface area contributed by atoms with Crippen molar-refractivity contribution in [2.24, 2.45) is 0 Å². The van der Waals surface area contributed by atoms with Crippen LogP contribution >= 0.6 is 0 Å². The van der Waals surface area contributed by atoms with E-state index in [9.17, 15) is 9.59 Å². The SMILES string of the molecule is Cc1cccc(C)c1NC(=O)C(=O)N(C)C1CCCCC1. The summed E-state index contributed by atoms with van der Waals surface area (Å²) in [5, 5.41) is 2.77. The van der Waals surface area contributed by atoms with Crippen molar-refractivity contribution in [2.75, 3.05) is 12.4 Å². The van der Waals surface area contributed by atoms with Crippen molar-refractivity contribution < 1.29 is 9.59 Å². The fraction of sp³-hybridized carbons (Fsp3) is 0.529. The Balaban J connectivity index is 2.04. The lowest BCUT2D eigenvalue weighted by Gasteiger charge is -2.30. The number of para-hydroxylation sites is 1. The van der Waals surface area contributed by atoms with E-state index in [2.05, 4.69) is 5.32 Å². The molecule has 1 aromatic carbocycles. The molecule has 0 aliphatic heterocycles. The van der Waals surface area contributed by atoms with Crippen LogP contribution in [0.25, 0.3) is 0 Å². The highest BCUT2D eigenvalue weighted by Crippen LogP contribution is 2.23. The summed E-state index contributed by atoms with van der Waals surface area (Å²) in [4.78, 5) is 26.1. The maximum atomic E-state index is 12.3. The lowest BCUT2D eigenvalue weighted by molar-refractivity contribution is -0.144. The predicted octanol–water partition coefficient (Wildman–Crippen LogP) is 3.03. The van der Waals surface area contributed by atoms with Gasteiger partial charge in [-0.3, -0.25) is 9.59 Å². The maximum absolute atomic E-state index is 12.3. The fourth-order valence-electron chi connectivity index (χ4n) is 2.97. The van der Waals surface area contributed by atoms with Gasteiger partial charge in [0.15, 0.2) is 0 Å². The Hall–Kier alpha value is -1.84. The van der Waals surface area contributed by atoms with E-state index in [0.29, 0.717) is 0 Å². The molecular formula is C17H24N2O2. The average molecular weight is 288 g/mol. The Labute approximate surface area is 126 Å². The molecule has 0 aromatic heterocycles. The summed E-state index contributed by atoms with van der Waals surface area (Å²) in [7, 11) is 1.74. The minimum Gasteiger partial charge on any atom is -0.335 e. The van der Waals surface area contributed by atoms with Gasteiger partial charge in [-0.05, 0) is 37.8 Å². The zero-order chi connectivity index (χ0) is 15.4. The first-order valence-corrected chi connectivity index (χ1v) is 7.65. The second-order valence-corrected chi connectivity index (χ2v) is 5.93. The number of aryl methyl sites for hydroxylation is 2. The highest BCUT2D eigenvalue weighted by atomic mass is 16.2. The normalized spacial score (nSPS) is 15.6. The highest BCUT2D eigenvalue weighted by molar-refractivity contribution is 6.39. The highest BCUT2D eigenvalue weighted by Gasteiger charge is 2.27. The minimum absolute atomic E-state index is 0.204. The smallest absolute Gasteiger partial charge is 0.313 e. The zero-order valence-electron chi connectivity index (χ0n) is 13.1. The van der Waals surface area contributed by atoms with Gasteiger partial charge in [0.2, 0.25) is 0 Å². The summed E-state index contributed by atoms with van der Waals surface area (Å²) < 4.78 is 0. The average Bonchev–Trinajstić information content (AvgIpc) is 2.50. The van der Waals surface area contributed by atoms with Crippen molar-refractivity contribution in [3.63, 3.8) is 0 Å². The lowest BCUT2D eigenvalue weighted by atomic mass is 9.94. The molecule has 4 nitrogen and oxygen atoms in total. The van der Waals surface area contributed by atoms with E-state index >= 15 is 0 Å². The minimum atomic E-state index is -0.541. The Morgan fingerprint density at radius 2 is 1.67 bits per heavy atom. The Morgan fingerprint density at radius 1 is 1.10 bits per heavy atom. The summed E-state index contributed by atoms with van der Waals surface area (Å²) in [6, 6.07) is 6.00. The molecule has 0 radical (unpaired) electrons. The summed E-state index contributed by atoms with van der Waals surface area (Å²) in [6.45, 7) is 3.86. The Kier molecular flexibility index (Phi) is 4.99. The molecule has 0 atom stereocenters. The van der Waals surface area contributed by atoms with Crippen LogP contribution < -0.4 is 5.32 Å². The third kappa shape index (κ3) is 3.63. The van der Waals surface area contributed by atoms with Gasteiger partial charge in [-0.15, -0.1) is 0 Å². The molecule has 0 bridgehead atoms. The molecule has 1 aliphatic carbocycles. The van der Waals surface area contributed by atoms with Gasteiger partial charge in [-0.1, -0.05) is 37.5 Å². The lowest BCUT2D eigenvalue weighted by Crippen LogP contribution is -2.44. The third-order valence-electron chi connectivity index (χ3n) is 4.36. The number of nitrogens with zero attached hydrogens (tertiary/aromatic N) is 1. The van der Waals surface area contributed by atoms with E-state index in [1.54, 1.807) is 11.9 Å². The molecule has 0 spiro atoms. The molecular weight excluding hydrogens is 264 g/mol. The quantitative estimate of drug-likeness (QED) is 0.850. The number of carbonyl (C=O) groups is 2. The summed E-state index contributed by atoms with van der Waals surface area (Å²) in [5.74, 6) is -0.981. The number of nitrogens with one attached hydrogen (secondary N) is 1. The van der Waals surface area contributed by atoms with Gasteiger partial charge < -0.3 is 10.2 Å². The largest absolute Gasteiger partial charge is 0.335 e. The molecule has 1 aliphatic rings. The van der Waals surface area contributed by atoms with Crippen LogP contribution in [0.1, 0.15) is 43.2 Å². The molecule has 1 saturated carbocycles. The van der Waals surface area contributed by atoms with Crippen LogP contribution in [0, 0.1) is 13.8 Å². The van der Waals surface area contributed by atoms with E-state index in [1.165, 1.54) is 6.42 Å². The van der Waals surface area contributed by atoms with Gasteiger partial charge in [-0.25, -0.2) is 0 Å². The molecule has 0 heterocycles. The molecule has 0 saturated heterocycles. The van der Waals surface area contributed by atoms with Gasteiger partial charge in [0.25, 0.3) is 0 Å². The van der Waals surface area contributed by atoms with Crippen LogP contribution in [0.15, 0.2) is 18.2 Å². The molecule has 1 aromatic rings. The van der Waals surface area contributed by atoms with Gasteiger partial charge in [0, 0.05) is 18.8 Å². The molecule has 1 fully saturated rings. The van der Waals surface area contributed by atoms with Gasteiger partial charge >= 0.3 is 11.8 Å². The predicted molar refractivity (Wildman–Crippen MR) is 84.2 cm³/mol. The molecule has 2 rings (SSSR count). The number of hydrogen-bond acceptors (Lipinski definition) is 2. The number of carbonyl (C=O) groups excluding carboxylic acids is 2. The van der Waals surface area contributed by atoms with Crippen LogP contribution in [0.2, 0.25) is 0 Å². The third-order valence-corrected chi connectivity index (χ3v) is 4.36.